The van der Waals surface area contributed by atoms with E-state index in [9.17, 15) is 19.5 Å². The molecule has 0 aromatic heterocycles. The predicted molar refractivity (Wildman–Crippen MR) is 113 cm³/mol. The molecule has 2 amide bonds. The number of nitrogens with one attached hydrogen (secondary N) is 3. The van der Waals surface area contributed by atoms with Crippen molar-refractivity contribution < 1.29 is 24.3 Å². The van der Waals surface area contributed by atoms with Gasteiger partial charge in [-0.1, -0.05) is 18.7 Å². The van der Waals surface area contributed by atoms with Crippen molar-refractivity contribution in [1.29, 1.82) is 0 Å². The number of halogens is 1. The van der Waals surface area contributed by atoms with Gasteiger partial charge in [0.25, 0.3) is 11.8 Å². The standard InChI is InChI=1S/C20H18BrN5O5/c1-2-18(28)31-25-9-8-23-26(25)24-20(30)16-7-6-14(11-17(16)21)19(29)22-12-13-4-3-5-15(27)10-13/h2-11,23,27H,1,12H2,(H,22,29)(H,24,30). The first kappa shape index (κ1) is 21.9. The Morgan fingerprint density at radius 3 is 2.71 bits per heavy atom. The molecule has 0 bridgehead atoms. The fraction of sp³-hybridized carbons (Fsp3) is 0.0500. The highest BCUT2D eigenvalue weighted by Gasteiger charge is 2.23. The number of hydrogen-bond acceptors (Lipinski definition) is 8. The number of phenols is 1. The summed E-state index contributed by atoms with van der Waals surface area (Å²) in [5, 5.41) is 14.3. The van der Waals surface area contributed by atoms with Crippen LogP contribution in [0.2, 0.25) is 0 Å². The van der Waals surface area contributed by atoms with Crippen molar-refractivity contribution in [3.63, 3.8) is 0 Å². The number of amides is 2. The Hall–Kier alpha value is -3.83. The van der Waals surface area contributed by atoms with Crippen LogP contribution in [0, 0.1) is 0 Å². The van der Waals surface area contributed by atoms with Gasteiger partial charge >= 0.3 is 5.97 Å². The molecule has 0 saturated heterocycles. The Labute approximate surface area is 185 Å². The van der Waals surface area contributed by atoms with E-state index >= 15 is 0 Å². The highest BCUT2D eigenvalue weighted by atomic mass is 79.9. The number of carbonyl (C=O) groups excluding carboxylic acids is 3. The summed E-state index contributed by atoms with van der Waals surface area (Å²) in [7, 11) is 0. The summed E-state index contributed by atoms with van der Waals surface area (Å²) >= 11 is 3.30. The van der Waals surface area contributed by atoms with Gasteiger partial charge in [0.2, 0.25) is 0 Å². The van der Waals surface area contributed by atoms with Gasteiger partial charge in [0.15, 0.2) is 0 Å². The van der Waals surface area contributed by atoms with E-state index in [1.807, 2.05) is 0 Å². The number of carbonyl (C=O) groups is 3. The molecule has 2 aromatic carbocycles. The van der Waals surface area contributed by atoms with Crippen LogP contribution in [-0.4, -0.2) is 33.3 Å². The molecule has 31 heavy (non-hydrogen) atoms. The van der Waals surface area contributed by atoms with Gasteiger partial charge in [-0.2, -0.15) is 0 Å². The molecule has 4 N–H and O–H groups in total. The van der Waals surface area contributed by atoms with E-state index in [-0.39, 0.29) is 23.8 Å². The van der Waals surface area contributed by atoms with Gasteiger partial charge < -0.3 is 15.3 Å². The van der Waals surface area contributed by atoms with Crippen molar-refractivity contribution in [2.75, 3.05) is 0 Å². The number of hydrazine groups is 3. The molecule has 0 unspecified atom stereocenters. The minimum atomic E-state index is -0.713. The molecule has 3 rings (SSSR count). The molecule has 0 fully saturated rings. The maximum Gasteiger partial charge on any atom is 0.357 e. The van der Waals surface area contributed by atoms with Gasteiger partial charge in [-0.05, 0) is 57.1 Å². The van der Waals surface area contributed by atoms with Gasteiger partial charge in [0.1, 0.15) is 5.75 Å². The lowest BCUT2D eigenvalue weighted by Gasteiger charge is -2.25. The fourth-order valence-corrected chi connectivity index (χ4v) is 3.08. The van der Waals surface area contributed by atoms with Crippen LogP contribution in [-0.2, 0) is 16.2 Å². The van der Waals surface area contributed by atoms with E-state index in [1.165, 1.54) is 30.6 Å². The van der Waals surface area contributed by atoms with Crippen LogP contribution >= 0.6 is 15.9 Å². The van der Waals surface area contributed by atoms with Gasteiger partial charge in [0, 0.05) is 28.9 Å². The minimum absolute atomic E-state index is 0.116. The average Bonchev–Trinajstić information content (AvgIpc) is 3.18. The van der Waals surface area contributed by atoms with Gasteiger partial charge in [0.05, 0.1) is 11.8 Å². The fourth-order valence-electron chi connectivity index (χ4n) is 2.52. The van der Waals surface area contributed by atoms with E-state index in [2.05, 4.69) is 38.7 Å². The zero-order valence-electron chi connectivity index (χ0n) is 16.0. The summed E-state index contributed by atoms with van der Waals surface area (Å²) in [6.07, 6.45) is 3.79. The minimum Gasteiger partial charge on any atom is -0.508 e. The second-order valence-electron chi connectivity index (χ2n) is 6.16. The first-order valence-electron chi connectivity index (χ1n) is 8.90. The number of nitrogens with zero attached hydrogens (tertiary/aromatic N) is 2. The molecule has 160 valence electrons. The molecule has 0 aliphatic carbocycles. The third-order valence-corrected chi connectivity index (χ3v) is 4.65. The number of aromatic hydroxyl groups is 1. The summed E-state index contributed by atoms with van der Waals surface area (Å²) in [5.74, 6) is -1.47. The third-order valence-electron chi connectivity index (χ3n) is 3.99. The van der Waals surface area contributed by atoms with Crippen LogP contribution in [0.25, 0.3) is 0 Å². The Bertz CT molecular complexity index is 1060. The van der Waals surface area contributed by atoms with Gasteiger partial charge in [-0.3, -0.25) is 15.0 Å². The van der Waals surface area contributed by atoms with E-state index in [4.69, 9.17) is 4.84 Å². The molecular weight excluding hydrogens is 470 g/mol. The molecule has 0 spiro atoms. The maximum absolute atomic E-state index is 12.6. The van der Waals surface area contributed by atoms with E-state index in [1.54, 1.807) is 24.3 Å². The van der Waals surface area contributed by atoms with Crippen LogP contribution in [0.1, 0.15) is 26.3 Å². The van der Waals surface area contributed by atoms with Gasteiger partial charge in [-0.25, -0.2) is 10.2 Å². The smallest absolute Gasteiger partial charge is 0.357 e. The summed E-state index contributed by atoms with van der Waals surface area (Å²) < 4.78 is 0.386. The topological polar surface area (TPSA) is 123 Å². The van der Waals surface area contributed by atoms with Crippen LogP contribution < -0.4 is 16.2 Å². The molecule has 1 heterocycles. The molecular formula is C20H18BrN5O5. The highest BCUT2D eigenvalue weighted by molar-refractivity contribution is 9.10. The van der Waals surface area contributed by atoms with E-state index < -0.39 is 11.9 Å². The van der Waals surface area contributed by atoms with Crippen LogP contribution in [0.4, 0.5) is 0 Å². The van der Waals surface area contributed by atoms with E-state index in [0.717, 1.165) is 22.0 Å². The highest BCUT2D eigenvalue weighted by Crippen LogP contribution is 2.19. The quantitative estimate of drug-likeness (QED) is 0.436. The third kappa shape index (κ3) is 5.62. The second-order valence-corrected chi connectivity index (χ2v) is 7.02. The number of rotatable bonds is 7. The monoisotopic (exact) mass is 487 g/mol. The lowest BCUT2D eigenvalue weighted by molar-refractivity contribution is -0.251. The summed E-state index contributed by atoms with van der Waals surface area (Å²) in [6, 6.07) is 11.1. The average molecular weight is 488 g/mol. The molecule has 1 aliphatic heterocycles. The SMILES string of the molecule is C=CC(=O)ON1C=CNN1NC(=O)c1ccc(C(=O)NCc2cccc(O)c2)cc1Br. The lowest BCUT2D eigenvalue weighted by Crippen LogP contribution is -2.53. The van der Waals surface area contributed by atoms with Crippen LogP contribution in [0.15, 0.2) is 72.0 Å². The second kappa shape index (κ2) is 9.78. The van der Waals surface area contributed by atoms with E-state index in [0.29, 0.717) is 10.0 Å². The van der Waals surface area contributed by atoms with Crippen molar-refractivity contribution >= 4 is 33.7 Å². The summed E-state index contributed by atoms with van der Waals surface area (Å²) in [5.41, 5.74) is 6.49. The van der Waals surface area contributed by atoms with Crippen molar-refractivity contribution in [1.82, 2.24) is 26.6 Å². The van der Waals surface area contributed by atoms with Gasteiger partial charge in [-0.15, -0.1) is 5.17 Å². The Kier molecular flexibility index (Phi) is 6.90. The largest absolute Gasteiger partial charge is 0.508 e. The van der Waals surface area contributed by atoms with Crippen molar-refractivity contribution in [2.45, 2.75) is 6.54 Å². The molecule has 11 heteroatoms. The summed E-state index contributed by atoms with van der Waals surface area (Å²) in [6.45, 7) is 3.54. The number of hydrogen-bond donors (Lipinski definition) is 4. The molecule has 0 saturated carbocycles. The number of phenolic OH excluding ortho intramolecular Hbond substituents is 1. The zero-order chi connectivity index (χ0) is 22.4. The Morgan fingerprint density at radius 1 is 1.19 bits per heavy atom. The van der Waals surface area contributed by atoms with Crippen LogP contribution in [0.3, 0.4) is 0 Å². The maximum atomic E-state index is 12.6. The molecule has 2 aromatic rings. The van der Waals surface area contributed by atoms with Crippen molar-refractivity contribution in [3.8, 4) is 5.75 Å². The zero-order valence-corrected chi connectivity index (χ0v) is 17.6. The lowest BCUT2D eigenvalue weighted by atomic mass is 10.1. The Morgan fingerprint density at radius 2 is 2.00 bits per heavy atom. The number of benzene rings is 2. The Balaban J connectivity index is 1.61. The predicted octanol–water partition coefficient (Wildman–Crippen LogP) is 1.88. The van der Waals surface area contributed by atoms with Crippen LogP contribution in [0.5, 0.6) is 5.75 Å². The number of hydroxylamine groups is 1. The summed E-state index contributed by atoms with van der Waals surface area (Å²) in [4.78, 5) is 41.3. The van der Waals surface area contributed by atoms with Crippen molar-refractivity contribution in [3.05, 3.63) is 88.7 Å². The normalized spacial score (nSPS) is 12.7. The first-order chi connectivity index (χ1) is 14.9. The molecule has 0 radical (unpaired) electrons. The first-order valence-corrected chi connectivity index (χ1v) is 9.70. The molecule has 1 aliphatic rings. The molecule has 10 nitrogen and oxygen atoms in total. The molecule has 0 atom stereocenters. The van der Waals surface area contributed by atoms with Crippen molar-refractivity contribution in [2.24, 2.45) is 0 Å².